The molecule has 0 aliphatic heterocycles. The second-order valence-electron chi connectivity index (χ2n) is 2.70. The summed E-state index contributed by atoms with van der Waals surface area (Å²) in [5.74, 6) is -0.691. The van der Waals surface area contributed by atoms with E-state index in [9.17, 15) is 13.6 Å². The monoisotopic (exact) mass is 209 g/mol. The Morgan fingerprint density at radius 2 is 1.85 bits per heavy atom. The zero-order valence-electron chi connectivity index (χ0n) is 8.17. The van der Waals surface area contributed by atoms with Crippen molar-refractivity contribution in [2.24, 2.45) is 0 Å². The summed E-state index contributed by atoms with van der Waals surface area (Å²) < 4.78 is 28.3. The van der Waals surface area contributed by atoms with Crippen LogP contribution in [-0.2, 0) is 14.1 Å². The number of carbonyl (C=O) groups is 1. The summed E-state index contributed by atoms with van der Waals surface area (Å²) >= 11 is 0. The van der Waals surface area contributed by atoms with Gasteiger partial charge >= 0.3 is 14.1 Å². The molecule has 0 aliphatic rings. The van der Waals surface area contributed by atoms with E-state index in [1.54, 1.807) is 20.8 Å². The van der Waals surface area contributed by atoms with Crippen molar-refractivity contribution in [3.05, 3.63) is 0 Å². The molecule has 0 fully saturated rings. The number of ether oxygens (including phenoxy) is 1. The molecule has 0 aromatic heterocycles. The molecule has 76 valence electrons. The largest absolute Gasteiger partial charge is 0.576 e. The van der Waals surface area contributed by atoms with E-state index >= 15 is 0 Å². The van der Waals surface area contributed by atoms with Crippen LogP contribution in [0.1, 0.15) is 33.6 Å². The van der Waals surface area contributed by atoms with Gasteiger partial charge in [0.05, 0.1) is 10.8 Å². The van der Waals surface area contributed by atoms with E-state index in [0.717, 1.165) is 0 Å². The summed E-state index contributed by atoms with van der Waals surface area (Å²) in [6.45, 7) is 5.09. The average molecular weight is 209 g/mol. The fourth-order valence-electron chi connectivity index (χ4n) is 1.12. The van der Waals surface area contributed by atoms with E-state index < -0.39 is 19.2 Å². The molecule has 3 nitrogen and oxygen atoms in total. The molecule has 13 heavy (non-hydrogen) atoms. The highest BCUT2D eigenvalue weighted by Gasteiger charge is 2.56. The SMILES string of the molecule is CCOC(=O)C(CC)(CC)[P+](=O)F. The Balaban J connectivity index is 4.75. The van der Waals surface area contributed by atoms with Gasteiger partial charge in [-0.1, -0.05) is 13.8 Å². The predicted molar refractivity (Wildman–Crippen MR) is 48.7 cm³/mol. The lowest BCUT2D eigenvalue weighted by molar-refractivity contribution is -0.146. The first-order chi connectivity index (χ1) is 6.05. The molecule has 0 rings (SSSR count). The van der Waals surface area contributed by atoms with Gasteiger partial charge in [-0.3, -0.25) is 0 Å². The topological polar surface area (TPSA) is 43.4 Å². The van der Waals surface area contributed by atoms with Crippen LogP contribution in [0, 0.1) is 0 Å². The third kappa shape index (κ3) is 2.47. The number of rotatable bonds is 5. The summed E-state index contributed by atoms with van der Waals surface area (Å²) in [6, 6.07) is 0. The maximum absolute atomic E-state index is 12.8. The molecule has 1 unspecified atom stereocenters. The van der Waals surface area contributed by atoms with Gasteiger partial charge in [0, 0.05) is 12.8 Å². The predicted octanol–water partition coefficient (Wildman–Crippen LogP) is 2.82. The molecular weight excluding hydrogens is 194 g/mol. The molecule has 0 radical (unpaired) electrons. The second kappa shape index (κ2) is 5.28. The molecule has 1 atom stereocenters. The minimum absolute atomic E-state index is 0.184. The number of carbonyl (C=O) groups excluding carboxylic acids is 1. The first-order valence-corrected chi connectivity index (χ1v) is 5.50. The lowest BCUT2D eigenvalue weighted by atomic mass is 10.0. The third-order valence-corrected chi connectivity index (χ3v) is 3.65. The summed E-state index contributed by atoms with van der Waals surface area (Å²) in [5, 5.41) is -1.43. The highest BCUT2D eigenvalue weighted by molar-refractivity contribution is 7.42. The standard InChI is InChI=1S/C8H15FO3P/c1-4-8(5-2,13(9)11)7(10)12-6-3/h4-6H2,1-3H3/q+1. The summed E-state index contributed by atoms with van der Waals surface area (Å²) in [7, 11) is -3.02. The van der Waals surface area contributed by atoms with Crippen molar-refractivity contribution < 1.29 is 18.3 Å². The Morgan fingerprint density at radius 3 is 2.08 bits per heavy atom. The minimum atomic E-state index is -3.02. The van der Waals surface area contributed by atoms with Crippen molar-refractivity contribution in [3.63, 3.8) is 0 Å². The van der Waals surface area contributed by atoms with E-state index in [-0.39, 0.29) is 19.4 Å². The summed E-state index contributed by atoms with van der Waals surface area (Å²) in [4.78, 5) is 11.3. The Labute approximate surface area is 78.6 Å². The Kier molecular flexibility index (Phi) is 5.07. The van der Waals surface area contributed by atoms with Gasteiger partial charge in [-0.2, -0.15) is 0 Å². The van der Waals surface area contributed by atoms with Crippen molar-refractivity contribution >= 4 is 14.1 Å². The average Bonchev–Trinajstić information content (AvgIpc) is 2.07. The quantitative estimate of drug-likeness (QED) is 0.516. The zero-order chi connectivity index (χ0) is 10.5. The molecule has 0 saturated carbocycles. The Bertz CT molecular complexity index is 202. The molecule has 0 spiro atoms. The van der Waals surface area contributed by atoms with Gasteiger partial charge in [0.2, 0.25) is 0 Å². The van der Waals surface area contributed by atoms with Gasteiger partial charge in [0.15, 0.2) is 0 Å². The van der Waals surface area contributed by atoms with E-state index in [1.165, 1.54) is 0 Å². The second-order valence-corrected chi connectivity index (χ2v) is 4.05. The van der Waals surface area contributed by atoms with Crippen molar-refractivity contribution in [3.8, 4) is 0 Å². The van der Waals surface area contributed by atoms with Crippen LogP contribution in [0.4, 0.5) is 4.20 Å². The third-order valence-electron chi connectivity index (χ3n) is 2.16. The molecule has 0 saturated heterocycles. The Morgan fingerprint density at radius 1 is 1.38 bits per heavy atom. The molecule has 0 aromatic rings. The molecular formula is C8H15FO3P+. The van der Waals surface area contributed by atoms with Crippen LogP contribution in [0.3, 0.4) is 0 Å². The van der Waals surface area contributed by atoms with Crippen LogP contribution >= 0.6 is 8.11 Å². The smallest absolute Gasteiger partial charge is 0.462 e. The zero-order valence-corrected chi connectivity index (χ0v) is 9.07. The fraction of sp³-hybridized carbons (Fsp3) is 0.875. The number of esters is 1. The van der Waals surface area contributed by atoms with Crippen LogP contribution in [-0.4, -0.2) is 17.7 Å². The lowest BCUT2D eigenvalue weighted by Gasteiger charge is -2.14. The summed E-state index contributed by atoms with van der Waals surface area (Å²) in [6.07, 6.45) is 0.405. The molecule has 0 N–H and O–H groups in total. The van der Waals surface area contributed by atoms with Gasteiger partial charge in [-0.15, -0.1) is 0 Å². The van der Waals surface area contributed by atoms with E-state index in [0.29, 0.717) is 0 Å². The number of hydrogen-bond acceptors (Lipinski definition) is 3. The molecule has 0 aliphatic carbocycles. The maximum Gasteiger partial charge on any atom is 0.576 e. The van der Waals surface area contributed by atoms with Crippen molar-refractivity contribution in [2.75, 3.05) is 6.61 Å². The minimum Gasteiger partial charge on any atom is -0.462 e. The van der Waals surface area contributed by atoms with E-state index in [2.05, 4.69) is 4.74 Å². The van der Waals surface area contributed by atoms with Crippen LogP contribution in [0.2, 0.25) is 0 Å². The molecule has 0 amide bonds. The number of hydrogen-bond donors (Lipinski definition) is 0. The summed E-state index contributed by atoms with van der Waals surface area (Å²) in [5.41, 5.74) is 0. The normalized spacial score (nSPS) is 12.5. The van der Waals surface area contributed by atoms with Crippen molar-refractivity contribution in [1.82, 2.24) is 0 Å². The molecule has 0 aromatic carbocycles. The van der Waals surface area contributed by atoms with Crippen LogP contribution < -0.4 is 0 Å². The maximum atomic E-state index is 12.8. The van der Waals surface area contributed by atoms with Crippen LogP contribution in [0.15, 0.2) is 0 Å². The van der Waals surface area contributed by atoms with Crippen LogP contribution in [0.25, 0.3) is 0 Å². The first kappa shape index (κ1) is 12.5. The van der Waals surface area contributed by atoms with Gasteiger partial charge < -0.3 is 4.74 Å². The van der Waals surface area contributed by atoms with E-state index in [4.69, 9.17) is 0 Å². The van der Waals surface area contributed by atoms with Gasteiger partial charge in [-0.25, -0.2) is 4.79 Å². The van der Waals surface area contributed by atoms with E-state index in [1.807, 2.05) is 0 Å². The fourth-order valence-corrected chi connectivity index (χ4v) is 1.83. The molecule has 5 heteroatoms. The number of halogens is 1. The lowest BCUT2D eigenvalue weighted by Crippen LogP contribution is -2.34. The molecule has 0 bridgehead atoms. The van der Waals surface area contributed by atoms with Gasteiger partial charge in [0.1, 0.15) is 0 Å². The highest BCUT2D eigenvalue weighted by Crippen LogP contribution is 2.46. The van der Waals surface area contributed by atoms with Crippen LogP contribution in [0.5, 0.6) is 0 Å². The van der Waals surface area contributed by atoms with Gasteiger partial charge in [-0.05, 0) is 11.5 Å². The van der Waals surface area contributed by atoms with Gasteiger partial charge in [0.25, 0.3) is 5.16 Å². The molecule has 0 heterocycles. The van der Waals surface area contributed by atoms with Crippen molar-refractivity contribution in [1.29, 1.82) is 0 Å². The van der Waals surface area contributed by atoms with Crippen molar-refractivity contribution in [2.45, 2.75) is 38.8 Å². The first-order valence-electron chi connectivity index (χ1n) is 4.35. The highest BCUT2D eigenvalue weighted by atomic mass is 31.1. The Hall–Kier alpha value is -0.500.